The van der Waals surface area contributed by atoms with Gasteiger partial charge in [0.1, 0.15) is 23.1 Å². The first-order valence-corrected chi connectivity index (χ1v) is 27.7. The summed E-state index contributed by atoms with van der Waals surface area (Å²) < 4.78 is 20.9. The number of carbonyl (C=O) groups is 6. The molecule has 22 heteroatoms. The Morgan fingerprint density at radius 3 is 1.09 bits per heavy atom. The number of benzene rings is 3. The molecule has 1 aliphatic heterocycles. The fourth-order valence-corrected chi connectivity index (χ4v) is 9.94. The van der Waals surface area contributed by atoms with E-state index in [0.717, 1.165) is 16.7 Å². The van der Waals surface area contributed by atoms with Gasteiger partial charge in [-0.2, -0.15) is 0 Å². The number of hydrogen-bond acceptors (Lipinski definition) is 15. The van der Waals surface area contributed by atoms with E-state index in [9.17, 15) is 19.2 Å². The third-order valence-electron chi connectivity index (χ3n) is 13.7. The minimum absolute atomic E-state index is 0.00373. The van der Waals surface area contributed by atoms with E-state index in [1.165, 1.54) is 55.8 Å². The molecule has 0 spiro atoms. The predicted molar refractivity (Wildman–Crippen MR) is 308 cm³/mol. The highest BCUT2D eigenvalue weighted by Gasteiger charge is 2.52. The second-order valence-corrected chi connectivity index (χ2v) is 21.8. The van der Waals surface area contributed by atoms with E-state index in [2.05, 4.69) is 51.2 Å². The molecule has 19 nitrogen and oxygen atoms in total. The van der Waals surface area contributed by atoms with Gasteiger partial charge in [-0.25, -0.2) is 15.0 Å². The summed E-state index contributed by atoms with van der Waals surface area (Å²) >= 11 is 0. The fraction of sp³-hybridized carbons (Fsp3) is 0.390. The molecule has 6 aromatic rings. The standard InChI is InChI=1S/C59H71B3N10O9/c1-39(2)28-45(34-53(73)47(31-42-16-10-7-11-17-42)69-57(76)50-36-63-22-25-66-50)60-79-61(46(29-40(3)4)35-54(74)48(32-43-18-12-8-13-19-43)70-58(77)51-37-64-23-26-67-51)81-62(80-60)55(30-41(5)6)72-56(75)49(33-44-20-14-9-15-21-44)71-59(78)52-38-65-24-27-68-52/h7-27,36-41,45-49,55H,28-35H2,1-6H3,(H,69,76)(H,70,77)(H,71,78)(H,72,75). The molecule has 3 aromatic heterocycles. The lowest BCUT2D eigenvalue weighted by molar-refractivity contribution is -0.123. The van der Waals surface area contributed by atoms with Crippen LogP contribution in [0.1, 0.15) is 122 Å². The molecule has 0 saturated carbocycles. The van der Waals surface area contributed by atoms with Crippen molar-refractivity contribution >= 4 is 56.6 Å². The first-order valence-electron chi connectivity index (χ1n) is 27.7. The monoisotopic (exact) mass is 1100 g/mol. The summed E-state index contributed by atoms with van der Waals surface area (Å²) in [4.78, 5) is 111. The number of nitrogens with one attached hydrogen (secondary N) is 4. The number of amides is 4. The van der Waals surface area contributed by atoms with Crippen molar-refractivity contribution in [3.63, 3.8) is 0 Å². The van der Waals surface area contributed by atoms with Crippen LogP contribution >= 0.6 is 0 Å². The Labute approximate surface area is 475 Å². The molecule has 6 atom stereocenters. The number of aromatic nitrogens is 6. The van der Waals surface area contributed by atoms with E-state index in [-0.39, 0.29) is 78.5 Å². The molecular formula is C59H71B3N10O9. The quantitative estimate of drug-likeness (QED) is 0.0351. The second-order valence-electron chi connectivity index (χ2n) is 21.8. The average molecular weight is 1100 g/mol. The van der Waals surface area contributed by atoms with E-state index >= 15 is 9.59 Å². The molecule has 0 radical (unpaired) electrons. The largest absolute Gasteiger partial charge is 0.453 e. The van der Waals surface area contributed by atoms with Crippen LogP contribution in [0.2, 0.25) is 11.6 Å². The zero-order valence-corrected chi connectivity index (χ0v) is 46.8. The lowest BCUT2D eigenvalue weighted by Gasteiger charge is -2.41. The molecule has 1 saturated heterocycles. The van der Waals surface area contributed by atoms with Crippen molar-refractivity contribution in [3.05, 3.63) is 181 Å². The van der Waals surface area contributed by atoms with Crippen molar-refractivity contribution in [2.24, 2.45) is 17.8 Å². The smallest absolute Gasteiger partial charge is 0.452 e. The number of rotatable bonds is 29. The third kappa shape index (κ3) is 19.2. The molecule has 1 aliphatic rings. The van der Waals surface area contributed by atoms with Crippen molar-refractivity contribution in [3.8, 4) is 0 Å². The summed E-state index contributed by atoms with van der Waals surface area (Å²) in [6.07, 6.45) is 14.0. The summed E-state index contributed by atoms with van der Waals surface area (Å²) in [5.74, 6) is -5.07. The number of hydrogen-bond donors (Lipinski definition) is 4. The van der Waals surface area contributed by atoms with Gasteiger partial charge in [0, 0.05) is 56.4 Å². The molecule has 0 bridgehead atoms. The maximum Gasteiger partial charge on any atom is 0.453 e. The zero-order chi connectivity index (χ0) is 57.7. The van der Waals surface area contributed by atoms with E-state index in [1.54, 1.807) is 0 Å². The molecular weight excluding hydrogens is 1030 g/mol. The lowest BCUT2D eigenvalue weighted by atomic mass is 9.53. The van der Waals surface area contributed by atoms with Crippen LogP contribution in [0.25, 0.3) is 0 Å². The fourth-order valence-electron chi connectivity index (χ4n) is 9.94. The first-order chi connectivity index (χ1) is 39.1. The van der Waals surface area contributed by atoms with Crippen molar-refractivity contribution in [2.45, 2.75) is 129 Å². The van der Waals surface area contributed by atoms with Crippen molar-refractivity contribution < 1.29 is 42.5 Å². The number of nitrogens with zero attached hydrogens (tertiary/aromatic N) is 6. The molecule has 7 rings (SSSR count). The summed E-state index contributed by atoms with van der Waals surface area (Å²) in [6, 6.07) is 24.9. The summed E-state index contributed by atoms with van der Waals surface area (Å²) in [5.41, 5.74) is 2.55. The molecule has 420 valence electrons. The van der Waals surface area contributed by atoms with Gasteiger partial charge < -0.3 is 35.0 Å². The van der Waals surface area contributed by atoms with Crippen LogP contribution in [0, 0.1) is 17.8 Å². The number of carbonyl (C=O) groups excluding carboxylic acids is 6. The average Bonchev–Trinajstić information content (AvgIpc) is 3.47. The summed E-state index contributed by atoms with van der Waals surface area (Å²) in [6.45, 7) is 12.1. The normalized spacial score (nSPS) is 14.8. The Balaban J connectivity index is 1.25. The molecule has 81 heavy (non-hydrogen) atoms. The highest BCUT2D eigenvalue weighted by Crippen LogP contribution is 2.37. The molecule has 0 aliphatic carbocycles. The second kappa shape index (κ2) is 30.7. The van der Waals surface area contributed by atoms with E-state index in [1.807, 2.05) is 133 Å². The highest BCUT2D eigenvalue weighted by molar-refractivity contribution is 6.75. The lowest BCUT2D eigenvalue weighted by Crippen LogP contribution is -2.62. The van der Waals surface area contributed by atoms with Gasteiger partial charge in [-0.15, -0.1) is 0 Å². The van der Waals surface area contributed by atoms with E-state index < -0.39 is 80.7 Å². The van der Waals surface area contributed by atoms with Crippen LogP contribution in [-0.4, -0.2) is 111 Å². The third-order valence-corrected chi connectivity index (χ3v) is 13.7. The Kier molecular flexibility index (Phi) is 23.0. The van der Waals surface area contributed by atoms with E-state index in [4.69, 9.17) is 13.7 Å². The van der Waals surface area contributed by atoms with Gasteiger partial charge >= 0.3 is 21.4 Å². The van der Waals surface area contributed by atoms with Crippen LogP contribution in [0.3, 0.4) is 0 Å². The van der Waals surface area contributed by atoms with Gasteiger partial charge in [-0.3, -0.25) is 43.7 Å². The minimum atomic E-state index is -1.23. The van der Waals surface area contributed by atoms with Crippen LogP contribution < -0.4 is 21.3 Å². The van der Waals surface area contributed by atoms with Crippen molar-refractivity contribution in [1.29, 1.82) is 0 Å². The minimum Gasteiger partial charge on any atom is -0.452 e. The molecule has 4 amide bonds. The van der Waals surface area contributed by atoms with E-state index in [0.29, 0.717) is 19.3 Å². The summed E-state index contributed by atoms with van der Waals surface area (Å²) in [7, 11) is -3.54. The van der Waals surface area contributed by atoms with Gasteiger partial charge in [-0.05, 0) is 78.2 Å². The van der Waals surface area contributed by atoms with Gasteiger partial charge in [0.25, 0.3) is 17.7 Å². The van der Waals surface area contributed by atoms with Crippen LogP contribution in [0.15, 0.2) is 147 Å². The van der Waals surface area contributed by atoms with Crippen molar-refractivity contribution in [1.82, 2.24) is 51.2 Å². The maximum absolute atomic E-state index is 15.0. The molecule has 3 aromatic carbocycles. The van der Waals surface area contributed by atoms with Gasteiger partial charge in [0.2, 0.25) is 5.91 Å². The Morgan fingerprint density at radius 1 is 0.420 bits per heavy atom. The van der Waals surface area contributed by atoms with Crippen molar-refractivity contribution in [2.75, 3.05) is 0 Å². The van der Waals surface area contributed by atoms with Crippen LogP contribution in [0.4, 0.5) is 0 Å². The maximum atomic E-state index is 15.0. The topological polar surface area (TPSA) is 256 Å². The molecule has 1 fully saturated rings. The predicted octanol–water partition coefficient (Wildman–Crippen LogP) is 6.83. The van der Waals surface area contributed by atoms with Gasteiger partial charge in [0.05, 0.1) is 36.6 Å². The van der Waals surface area contributed by atoms with Crippen LogP contribution in [-0.2, 0) is 47.4 Å². The zero-order valence-electron chi connectivity index (χ0n) is 46.8. The van der Waals surface area contributed by atoms with Gasteiger partial charge in [-0.1, -0.05) is 133 Å². The summed E-state index contributed by atoms with van der Waals surface area (Å²) in [5, 5.41) is 11.9. The van der Waals surface area contributed by atoms with Gasteiger partial charge in [0.15, 0.2) is 11.6 Å². The van der Waals surface area contributed by atoms with Crippen LogP contribution in [0.5, 0.6) is 0 Å². The Bertz CT molecular complexity index is 2620. The number of ketones is 2. The molecule has 4 N–H and O–H groups in total. The Morgan fingerprint density at radius 2 is 0.753 bits per heavy atom. The Hall–Kier alpha value is -7.81. The SMILES string of the molecule is CC(C)CC(CC(=O)C(Cc1ccccc1)NC(=O)c1cnccn1)B1OB(C(CC(=O)C(Cc2ccccc2)NC(=O)c2cnccn2)CC(C)C)OB(C(CC(C)C)NC(=O)C(Cc2ccccc2)NC(=O)c2cnccn2)O1. The first kappa shape index (κ1) is 60.8. The number of Topliss-reactive ketones (excluding diaryl/α,β-unsaturated/α-hetero) is 2. The molecule has 4 heterocycles. The highest BCUT2D eigenvalue weighted by atomic mass is 16.7. The molecule has 6 unspecified atom stereocenters.